The van der Waals surface area contributed by atoms with Crippen LogP contribution in [-0.4, -0.2) is 19.3 Å². The van der Waals surface area contributed by atoms with Gasteiger partial charge in [0.25, 0.3) is 0 Å². The van der Waals surface area contributed by atoms with Gasteiger partial charge >= 0.3 is 6.61 Å². The van der Waals surface area contributed by atoms with E-state index in [1.54, 1.807) is 0 Å². The van der Waals surface area contributed by atoms with Crippen LogP contribution in [0.4, 0.5) is 8.78 Å². The summed E-state index contributed by atoms with van der Waals surface area (Å²) in [6, 6.07) is -0.297. The first-order valence-electron chi connectivity index (χ1n) is 3.19. The lowest BCUT2D eigenvalue weighted by Gasteiger charge is -2.14. The maximum absolute atomic E-state index is 11.4. The third kappa shape index (κ3) is 4.64. The van der Waals surface area contributed by atoms with Crippen molar-refractivity contribution in [1.82, 2.24) is 0 Å². The maximum atomic E-state index is 11.4. The van der Waals surface area contributed by atoms with Crippen molar-refractivity contribution in [2.24, 2.45) is 11.7 Å². The molecule has 0 heterocycles. The van der Waals surface area contributed by atoms with Gasteiger partial charge in [0.2, 0.25) is 0 Å². The molecule has 0 fully saturated rings. The molecule has 0 aromatic heterocycles. The van der Waals surface area contributed by atoms with E-state index in [1.807, 2.05) is 13.8 Å². The molecule has 0 aliphatic heterocycles. The van der Waals surface area contributed by atoms with Gasteiger partial charge in [0.05, 0.1) is 6.61 Å². The molecule has 10 heavy (non-hydrogen) atoms. The number of rotatable bonds is 4. The van der Waals surface area contributed by atoms with Crippen LogP contribution in [0.2, 0.25) is 0 Å². The van der Waals surface area contributed by atoms with Crippen molar-refractivity contribution in [2.45, 2.75) is 26.5 Å². The summed E-state index contributed by atoms with van der Waals surface area (Å²) in [5.74, 6) is 0.179. The Morgan fingerprint density at radius 2 is 1.90 bits per heavy atom. The van der Waals surface area contributed by atoms with Crippen LogP contribution in [0.15, 0.2) is 0 Å². The standard InChI is InChI=1S/C6H13F2NO/c1-4(2)5(9)3-10-6(7)8/h4-6H,3,9H2,1-2H3. The zero-order valence-electron chi connectivity index (χ0n) is 6.18. The molecule has 0 bridgehead atoms. The van der Waals surface area contributed by atoms with Gasteiger partial charge in [-0.05, 0) is 5.92 Å². The van der Waals surface area contributed by atoms with Crippen molar-refractivity contribution in [3.05, 3.63) is 0 Å². The molecule has 0 rings (SSSR count). The van der Waals surface area contributed by atoms with Crippen molar-refractivity contribution in [1.29, 1.82) is 0 Å². The van der Waals surface area contributed by atoms with E-state index in [0.717, 1.165) is 0 Å². The third-order valence-corrected chi connectivity index (χ3v) is 1.27. The molecule has 0 saturated carbocycles. The van der Waals surface area contributed by atoms with E-state index >= 15 is 0 Å². The number of nitrogens with two attached hydrogens (primary N) is 1. The fraction of sp³-hybridized carbons (Fsp3) is 1.00. The molecule has 0 spiro atoms. The van der Waals surface area contributed by atoms with Gasteiger partial charge in [-0.25, -0.2) is 0 Å². The highest BCUT2D eigenvalue weighted by atomic mass is 19.3. The second-order valence-electron chi connectivity index (χ2n) is 2.50. The van der Waals surface area contributed by atoms with Crippen LogP contribution in [0.5, 0.6) is 0 Å². The molecule has 62 valence electrons. The van der Waals surface area contributed by atoms with Crippen LogP contribution in [0.1, 0.15) is 13.8 Å². The number of halogens is 2. The van der Waals surface area contributed by atoms with Gasteiger partial charge in [-0.1, -0.05) is 13.8 Å². The monoisotopic (exact) mass is 153 g/mol. The van der Waals surface area contributed by atoms with Crippen molar-refractivity contribution < 1.29 is 13.5 Å². The fourth-order valence-corrected chi connectivity index (χ4v) is 0.376. The van der Waals surface area contributed by atoms with Gasteiger partial charge in [0.15, 0.2) is 0 Å². The van der Waals surface area contributed by atoms with Crippen molar-refractivity contribution in [3.8, 4) is 0 Å². The summed E-state index contributed by atoms with van der Waals surface area (Å²) in [5.41, 5.74) is 5.41. The minimum Gasteiger partial charge on any atom is -0.325 e. The molecule has 0 aliphatic rings. The molecule has 1 atom stereocenters. The first-order valence-corrected chi connectivity index (χ1v) is 3.19. The predicted molar refractivity (Wildman–Crippen MR) is 34.8 cm³/mol. The molecule has 0 aromatic carbocycles. The Morgan fingerprint density at radius 1 is 1.40 bits per heavy atom. The summed E-state index contributed by atoms with van der Waals surface area (Å²) in [6.07, 6.45) is 0. The molecular formula is C6H13F2NO. The van der Waals surface area contributed by atoms with Crippen LogP contribution in [0, 0.1) is 5.92 Å². The lowest BCUT2D eigenvalue weighted by molar-refractivity contribution is -0.133. The SMILES string of the molecule is CC(C)C(N)COC(F)F. The summed E-state index contributed by atoms with van der Waals surface area (Å²) < 4.78 is 26.8. The normalized spacial score (nSPS) is 14.7. The minimum atomic E-state index is -2.70. The average Bonchev–Trinajstić information content (AvgIpc) is 1.82. The Hall–Kier alpha value is -0.220. The van der Waals surface area contributed by atoms with E-state index in [4.69, 9.17) is 5.73 Å². The average molecular weight is 153 g/mol. The largest absolute Gasteiger partial charge is 0.345 e. The highest BCUT2D eigenvalue weighted by Crippen LogP contribution is 2.01. The van der Waals surface area contributed by atoms with E-state index < -0.39 is 6.61 Å². The Labute approximate surface area is 59.3 Å². The second kappa shape index (κ2) is 4.57. The zero-order chi connectivity index (χ0) is 8.15. The van der Waals surface area contributed by atoms with Gasteiger partial charge < -0.3 is 10.5 Å². The zero-order valence-corrected chi connectivity index (χ0v) is 6.18. The van der Waals surface area contributed by atoms with Crippen molar-refractivity contribution in [2.75, 3.05) is 6.61 Å². The fourth-order valence-electron chi connectivity index (χ4n) is 0.376. The summed E-state index contributed by atoms with van der Waals surface area (Å²) in [7, 11) is 0. The molecule has 0 amide bonds. The Morgan fingerprint density at radius 3 is 2.20 bits per heavy atom. The van der Waals surface area contributed by atoms with Crippen molar-refractivity contribution >= 4 is 0 Å². The van der Waals surface area contributed by atoms with Crippen LogP contribution in [-0.2, 0) is 4.74 Å². The summed E-state index contributed by atoms with van der Waals surface area (Å²) in [5, 5.41) is 0. The number of ether oxygens (including phenoxy) is 1. The van der Waals surface area contributed by atoms with E-state index in [1.165, 1.54) is 0 Å². The lowest BCUT2D eigenvalue weighted by Crippen LogP contribution is -2.32. The molecule has 0 radical (unpaired) electrons. The number of alkyl halides is 2. The first kappa shape index (κ1) is 9.78. The third-order valence-electron chi connectivity index (χ3n) is 1.27. The lowest BCUT2D eigenvalue weighted by atomic mass is 10.1. The first-order chi connectivity index (χ1) is 4.54. The van der Waals surface area contributed by atoms with Gasteiger partial charge in [-0.3, -0.25) is 0 Å². The summed E-state index contributed by atoms with van der Waals surface area (Å²) in [4.78, 5) is 0. The molecular weight excluding hydrogens is 140 g/mol. The smallest absolute Gasteiger partial charge is 0.325 e. The molecule has 0 saturated heterocycles. The van der Waals surface area contributed by atoms with Crippen LogP contribution < -0.4 is 5.73 Å². The highest BCUT2D eigenvalue weighted by molar-refractivity contribution is 4.62. The Kier molecular flexibility index (Phi) is 4.47. The quantitative estimate of drug-likeness (QED) is 0.658. The van der Waals surface area contributed by atoms with E-state index in [0.29, 0.717) is 0 Å². The van der Waals surface area contributed by atoms with Crippen LogP contribution >= 0.6 is 0 Å². The number of hydrogen-bond donors (Lipinski definition) is 1. The van der Waals surface area contributed by atoms with Gasteiger partial charge in [0, 0.05) is 6.04 Å². The minimum absolute atomic E-state index is 0.0741. The molecule has 0 aromatic rings. The molecule has 0 aliphatic carbocycles. The molecule has 2 N–H and O–H groups in total. The van der Waals surface area contributed by atoms with Gasteiger partial charge in [-0.15, -0.1) is 0 Å². The Bertz CT molecular complexity index is 87.8. The summed E-state index contributed by atoms with van der Waals surface area (Å²) in [6.45, 7) is 0.943. The second-order valence-corrected chi connectivity index (χ2v) is 2.50. The molecule has 4 heteroatoms. The Balaban J connectivity index is 3.30. The topological polar surface area (TPSA) is 35.2 Å². The van der Waals surface area contributed by atoms with E-state index in [2.05, 4.69) is 4.74 Å². The number of hydrogen-bond acceptors (Lipinski definition) is 2. The van der Waals surface area contributed by atoms with Gasteiger partial charge in [-0.2, -0.15) is 8.78 Å². The maximum Gasteiger partial charge on any atom is 0.345 e. The van der Waals surface area contributed by atoms with Crippen molar-refractivity contribution in [3.63, 3.8) is 0 Å². The molecule has 2 nitrogen and oxygen atoms in total. The van der Waals surface area contributed by atoms with Crippen LogP contribution in [0.25, 0.3) is 0 Å². The van der Waals surface area contributed by atoms with Gasteiger partial charge in [0.1, 0.15) is 0 Å². The molecule has 1 unspecified atom stereocenters. The predicted octanol–water partition coefficient (Wildman–Crippen LogP) is 1.21. The highest BCUT2D eigenvalue weighted by Gasteiger charge is 2.10. The van der Waals surface area contributed by atoms with Crippen LogP contribution in [0.3, 0.4) is 0 Å². The summed E-state index contributed by atoms with van der Waals surface area (Å²) >= 11 is 0. The van der Waals surface area contributed by atoms with E-state index in [9.17, 15) is 8.78 Å². The van der Waals surface area contributed by atoms with E-state index in [-0.39, 0.29) is 18.6 Å².